The quantitative estimate of drug-likeness (QED) is 0.785. The molecule has 4 nitrogen and oxygen atoms in total. The van der Waals surface area contributed by atoms with Crippen molar-refractivity contribution in [2.75, 3.05) is 0 Å². The van der Waals surface area contributed by atoms with Gasteiger partial charge in [0.2, 0.25) is 0 Å². The topological polar surface area (TPSA) is 39.8 Å². The summed E-state index contributed by atoms with van der Waals surface area (Å²) in [5.41, 5.74) is 0.652. The third-order valence-corrected chi connectivity index (χ3v) is 2.49. The Morgan fingerprint density at radius 3 is 2.56 bits per heavy atom. The molecule has 0 aliphatic heterocycles. The van der Waals surface area contributed by atoms with E-state index in [0.29, 0.717) is 0 Å². The molecule has 1 aromatic heterocycles. The lowest BCUT2D eigenvalue weighted by Gasteiger charge is -2.10. The van der Waals surface area contributed by atoms with Crippen molar-refractivity contribution in [1.29, 1.82) is 0 Å². The van der Waals surface area contributed by atoms with Gasteiger partial charge in [0.25, 0.3) is 0 Å². The van der Waals surface area contributed by atoms with Gasteiger partial charge in [-0.15, -0.1) is 0 Å². The van der Waals surface area contributed by atoms with Crippen LogP contribution in [0.3, 0.4) is 0 Å². The number of aryl methyl sites for hydroxylation is 1. The van der Waals surface area contributed by atoms with E-state index in [1.807, 2.05) is 41.9 Å². The second-order valence-corrected chi connectivity index (χ2v) is 3.71. The highest BCUT2D eigenvalue weighted by Gasteiger charge is 2.09. The number of benzene rings is 1. The van der Waals surface area contributed by atoms with Gasteiger partial charge in [-0.3, -0.25) is 4.68 Å². The molecule has 2 aromatic rings. The van der Waals surface area contributed by atoms with Crippen LogP contribution in [-0.2, 0) is 6.54 Å². The van der Waals surface area contributed by atoms with Crippen molar-refractivity contribution in [3.05, 3.63) is 46.6 Å². The smallest absolute Gasteiger partial charge is 0.263 e. The summed E-state index contributed by atoms with van der Waals surface area (Å²) in [7, 11) is 0. The van der Waals surface area contributed by atoms with Gasteiger partial charge in [-0.1, -0.05) is 25.1 Å². The Morgan fingerprint density at radius 2 is 1.94 bits per heavy atom. The Morgan fingerprint density at radius 1 is 1.25 bits per heavy atom. The molecule has 1 heterocycles. The molecule has 4 heteroatoms. The van der Waals surface area contributed by atoms with Gasteiger partial charge in [0.05, 0.1) is 5.69 Å². The summed E-state index contributed by atoms with van der Waals surface area (Å²) in [5, 5.41) is 0. The average molecular weight is 217 g/mol. The summed E-state index contributed by atoms with van der Waals surface area (Å²) in [6.45, 7) is 4.74. The van der Waals surface area contributed by atoms with Crippen LogP contribution in [0.2, 0.25) is 0 Å². The fraction of sp³-hybridized carbons (Fsp3) is 0.333. The van der Waals surface area contributed by atoms with E-state index in [-0.39, 0.29) is 5.69 Å². The van der Waals surface area contributed by atoms with E-state index in [0.717, 1.165) is 24.5 Å². The summed E-state index contributed by atoms with van der Waals surface area (Å²) in [6.07, 6.45) is 0.976. The SMILES string of the molecule is CCCn1c(C)nc(=O)n1-c1ccccc1. The van der Waals surface area contributed by atoms with E-state index >= 15 is 0 Å². The fourth-order valence-corrected chi connectivity index (χ4v) is 1.78. The number of aromatic nitrogens is 3. The van der Waals surface area contributed by atoms with Gasteiger partial charge in [0, 0.05) is 6.54 Å². The van der Waals surface area contributed by atoms with Crippen LogP contribution >= 0.6 is 0 Å². The molecule has 2 rings (SSSR count). The maximum Gasteiger partial charge on any atom is 0.368 e. The molecule has 0 aliphatic carbocycles. The van der Waals surface area contributed by atoms with Gasteiger partial charge in [-0.2, -0.15) is 9.67 Å². The molecule has 0 saturated carbocycles. The molecule has 0 unspecified atom stereocenters. The molecule has 0 bridgehead atoms. The minimum atomic E-state index is -0.211. The molecule has 0 saturated heterocycles. The van der Waals surface area contributed by atoms with E-state index in [2.05, 4.69) is 11.9 Å². The third-order valence-electron chi connectivity index (χ3n) is 2.49. The van der Waals surface area contributed by atoms with Crippen LogP contribution in [0.15, 0.2) is 35.1 Å². The van der Waals surface area contributed by atoms with Crippen LogP contribution in [-0.4, -0.2) is 14.3 Å². The van der Waals surface area contributed by atoms with Crippen molar-refractivity contribution < 1.29 is 0 Å². The summed E-state index contributed by atoms with van der Waals surface area (Å²) in [6, 6.07) is 9.59. The van der Waals surface area contributed by atoms with Gasteiger partial charge >= 0.3 is 5.69 Å². The van der Waals surface area contributed by atoms with Crippen molar-refractivity contribution in [3.8, 4) is 5.69 Å². The van der Waals surface area contributed by atoms with E-state index in [4.69, 9.17) is 0 Å². The Bertz CT molecular complexity index is 525. The van der Waals surface area contributed by atoms with Crippen LogP contribution in [0, 0.1) is 6.92 Å². The lowest BCUT2D eigenvalue weighted by molar-refractivity contribution is 0.523. The number of hydrogen-bond donors (Lipinski definition) is 0. The Hall–Kier alpha value is -1.84. The number of hydrogen-bond acceptors (Lipinski definition) is 2. The third kappa shape index (κ3) is 1.78. The fourth-order valence-electron chi connectivity index (χ4n) is 1.78. The van der Waals surface area contributed by atoms with E-state index in [1.165, 1.54) is 0 Å². The highest BCUT2D eigenvalue weighted by molar-refractivity contribution is 5.29. The molecule has 0 N–H and O–H groups in total. The van der Waals surface area contributed by atoms with Crippen molar-refractivity contribution in [2.45, 2.75) is 26.8 Å². The normalized spacial score (nSPS) is 10.6. The van der Waals surface area contributed by atoms with Crippen LogP contribution in [0.1, 0.15) is 19.2 Å². The zero-order chi connectivity index (χ0) is 11.5. The Labute approximate surface area is 94.1 Å². The second kappa shape index (κ2) is 4.35. The molecule has 0 aliphatic rings. The first-order valence-corrected chi connectivity index (χ1v) is 5.46. The number of rotatable bonds is 3. The van der Waals surface area contributed by atoms with E-state index in [9.17, 15) is 4.79 Å². The molecule has 0 radical (unpaired) electrons. The monoisotopic (exact) mass is 217 g/mol. The largest absolute Gasteiger partial charge is 0.368 e. The predicted molar refractivity (Wildman–Crippen MR) is 62.9 cm³/mol. The lowest BCUT2D eigenvalue weighted by Crippen LogP contribution is -2.22. The number of nitrogens with zero attached hydrogens (tertiary/aromatic N) is 3. The molecule has 0 spiro atoms. The summed E-state index contributed by atoms with van der Waals surface area (Å²) in [5.74, 6) is 0.760. The molecular weight excluding hydrogens is 202 g/mol. The van der Waals surface area contributed by atoms with Crippen molar-refractivity contribution >= 4 is 0 Å². The first kappa shape index (κ1) is 10.7. The Balaban J connectivity index is 2.60. The molecular formula is C12H15N3O. The maximum atomic E-state index is 11.8. The molecule has 0 atom stereocenters. The highest BCUT2D eigenvalue weighted by Crippen LogP contribution is 2.06. The molecule has 0 amide bonds. The van der Waals surface area contributed by atoms with Crippen molar-refractivity contribution in [1.82, 2.24) is 14.3 Å². The Kier molecular flexibility index (Phi) is 2.90. The first-order chi connectivity index (χ1) is 7.74. The zero-order valence-corrected chi connectivity index (χ0v) is 9.55. The summed E-state index contributed by atoms with van der Waals surface area (Å²) >= 11 is 0. The van der Waals surface area contributed by atoms with Crippen LogP contribution in [0.5, 0.6) is 0 Å². The van der Waals surface area contributed by atoms with Gasteiger partial charge < -0.3 is 0 Å². The molecule has 1 aromatic carbocycles. The van der Waals surface area contributed by atoms with Gasteiger partial charge in [0.1, 0.15) is 5.82 Å². The second-order valence-electron chi connectivity index (χ2n) is 3.71. The average Bonchev–Trinajstić information content (AvgIpc) is 2.56. The molecule has 0 fully saturated rings. The van der Waals surface area contributed by atoms with E-state index in [1.54, 1.807) is 4.68 Å². The number of para-hydroxylation sites is 1. The zero-order valence-electron chi connectivity index (χ0n) is 9.55. The maximum absolute atomic E-state index is 11.8. The highest BCUT2D eigenvalue weighted by atomic mass is 16.2. The molecule has 84 valence electrons. The predicted octanol–water partition coefficient (Wildman–Crippen LogP) is 1.75. The minimum Gasteiger partial charge on any atom is -0.263 e. The first-order valence-electron chi connectivity index (χ1n) is 5.46. The van der Waals surface area contributed by atoms with Gasteiger partial charge in [-0.25, -0.2) is 4.79 Å². The van der Waals surface area contributed by atoms with Gasteiger partial charge in [0.15, 0.2) is 0 Å². The van der Waals surface area contributed by atoms with Gasteiger partial charge in [-0.05, 0) is 25.5 Å². The summed E-state index contributed by atoms with van der Waals surface area (Å²) < 4.78 is 3.54. The van der Waals surface area contributed by atoms with Crippen LogP contribution < -0.4 is 5.69 Å². The van der Waals surface area contributed by atoms with Crippen molar-refractivity contribution in [3.63, 3.8) is 0 Å². The van der Waals surface area contributed by atoms with Crippen LogP contribution in [0.25, 0.3) is 5.69 Å². The van der Waals surface area contributed by atoms with Crippen LogP contribution in [0.4, 0.5) is 0 Å². The standard InChI is InChI=1S/C12H15N3O/c1-3-9-14-10(2)13-12(16)15(14)11-7-5-4-6-8-11/h4-8H,3,9H2,1-2H3. The van der Waals surface area contributed by atoms with E-state index < -0.39 is 0 Å². The summed E-state index contributed by atoms with van der Waals surface area (Å²) in [4.78, 5) is 15.7. The lowest BCUT2D eigenvalue weighted by atomic mass is 10.3. The molecule has 16 heavy (non-hydrogen) atoms. The minimum absolute atomic E-state index is 0.211. The van der Waals surface area contributed by atoms with Crippen molar-refractivity contribution in [2.24, 2.45) is 0 Å².